The minimum atomic E-state index is -0.678. The second-order valence-corrected chi connectivity index (χ2v) is 6.37. The Bertz CT molecular complexity index is 768. The summed E-state index contributed by atoms with van der Waals surface area (Å²) in [4.78, 5) is 22.7. The van der Waals surface area contributed by atoms with Crippen molar-refractivity contribution in [1.82, 2.24) is 19.5 Å². The highest BCUT2D eigenvalue weighted by Gasteiger charge is 2.54. The molecule has 2 aromatic heterocycles. The molecule has 3 heterocycles. The number of aliphatic hydroxyl groups excluding tert-OH is 1. The minimum absolute atomic E-state index is 0.00350. The van der Waals surface area contributed by atoms with Crippen LogP contribution in [0.1, 0.15) is 26.3 Å². The van der Waals surface area contributed by atoms with Crippen molar-refractivity contribution in [3.05, 3.63) is 23.0 Å². The first-order valence-corrected chi connectivity index (χ1v) is 7.37. The number of imidazole rings is 1. The Kier molecular flexibility index (Phi) is 2.91. The van der Waals surface area contributed by atoms with Crippen molar-refractivity contribution in [1.29, 1.82) is 0 Å². The van der Waals surface area contributed by atoms with Crippen LogP contribution in [-0.2, 0) is 9.47 Å². The predicted molar refractivity (Wildman–Crippen MR) is 76.2 cm³/mol. The number of H-pyrrole nitrogens is 1. The van der Waals surface area contributed by atoms with E-state index in [2.05, 4.69) is 15.0 Å². The Morgan fingerprint density at radius 2 is 2.18 bits per heavy atom. The topological polar surface area (TPSA) is 102 Å². The van der Waals surface area contributed by atoms with Gasteiger partial charge in [-0.25, -0.2) is 9.97 Å². The Morgan fingerprint density at radius 1 is 1.41 bits per heavy atom. The van der Waals surface area contributed by atoms with Crippen LogP contribution in [0.15, 0.2) is 17.4 Å². The van der Waals surface area contributed by atoms with E-state index in [0.29, 0.717) is 17.6 Å². The highest BCUT2D eigenvalue weighted by molar-refractivity contribution is 5.69. The highest BCUT2D eigenvalue weighted by Crippen LogP contribution is 2.47. The van der Waals surface area contributed by atoms with Crippen LogP contribution in [-0.4, -0.2) is 49.2 Å². The summed E-state index contributed by atoms with van der Waals surface area (Å²) in [6, 6.07) is -0.0665. The fraction of sp³-hybridized carbons (Fsp3) is 0.643. The molecule has 4 rings (SSSR count). The van der Waals surface area contributed by atoms with Crippen molar-refractivity contribution in [2.75, 3.05) is 6.61 Å². The Labute approximate surface area is 126 Å². The van der Waals surface area contributed by atoms with E-state index in [9.17, 15) is 9.90 Å². The third-order valence-corrected chi connectivity index (χ3v) is 4.51. The zero-order valence-corrected chi connectivity index (χ0v) is 12.4. The first kappa shape index (κ1) is 13.9. The lowest BCUT2D eigenvalue weighted by molar-refractivity contribution is -0.161. The summed E-state index contributed by atoms with van der Waals surface area (Å²) in [5, 5.41) is 9.62. The highest BCUT2D eigenvalue weighted by atomic mass is 16.8. The average molecular weight is 306 g/mol. The molecule has 0 amide bonds. The van der Waals surface area contributed by atoms with Crippen molar-refractivity contribution in [2.45, 2.75) is 44.3 Å². The average Bonchev–Trinajstić information content (AvgIpc) is 3.10. The van der Waals surface area contributed by atoms with E-state index in [0.717, 1.165) is 0 Å². The molecule has 2 aromatic rings. The molecule has 0 bridgehead atoms. The molecule has 1 saturated heterocycles. The molecule has 8 nitrogen and oxygen atoms in total. The van der Waals surface area contributed by atoms with Crippen LogP contribution in [0.25, 0.3) is 11.2 Å². The van der Waals surface area contributed by atoms with E-state index < -0.39 is 5.79 Å². The maximum absolute atomic E-state index is 11.8. The van der Waals surface area contributed by atoms with Gasteiger partial charge < -0.3 is 24.1 Å². The van der Waals surface area contributed by atoms with Crippen LogP contribution in [0.5, 0.6) is 0 Å². The predicted octanol–water partition coefficient (Wildman–Crippen LogP) is 0.193. The molecule has 1 aliphatic heterocycles. The van der Waals surface area contributed by atoms with Gasteiger partial charge in [-0.15, -0.1) is 0 Å². The van der Waals surface area contributed by atoms with Gasteiger partial charge in [0.05, 0.1) is 24.8 Å². The maximum Gasteiger partial charge on any atom is 0.278 e. The zero-order valence-electron chi connectivity index (χ0n) is 12.4. The van der Waals surface area contributed by atoms with Crippen molar-refractivity contribution < 1.29 is 14.6 Å². The molecule has 4 atom stereocenters. The first-order chi connectivity index (χ1) is 10.5. The molecule has 0 aromatic carbocycles. The molecule has 0 radical (unpaired) electrons. The molecule has 4 unspecified atom stereocenters. The summed E-state index contributed by atoms with van der Waals surface area (Å²) in [5.74, 6) is -0.681. The summed E-state index contributed by atoms with van der Waals surface area (Å²) in [5.41, 5.74) is 0.574. The molecular formula is C14H18N4O4. The number of nitrogens with zero attached hydrogens (tertiary/aromatic N) is 3. The maximum atomic E-state index is 11.8. The Hall–Kier alpha value is -1.77. The molecular weight excluding hydrogens is 288 g/mol. The number of ether oxygens (including phenoxy) is 2. The van der Waals surface area contributed by atoms with E-state index in [1.165, 1.54) is 6.33 Å². The third-order valence-electron chi connectivity index (χ3n) is 4.51. The van der Waals surface area contributed by atoms with Gasteiger partial charge in [0.15, 0.2) is 17.0 Å². The molecule has 2 fully saturated rings. The van der Waals surface area contributed by atoms with E-state index in [1.807, 2.05) is 18.4 Å². The van der Waals surface area contributed by atoms with Crippen LogP contribution in [0.4, 0.5) is 0 Å². The molecule has 2 N–H and O–H groups in total. The van der Waals surface area contributed by atoms with E-state index >= 15 is 0 Å². The van der Waals surface area contributed by atoms with Crippen molar-refractivity contribution in [2.24, 2.45) is 5.92 Å². The number of aromatic nitrogens is 4. The number of rotatable bonds is 2. The SMILES string of the molecule is CC1(C)OC2C(CO)CC(n3cnc4c(=O)[nH]cnc43)C2O1. The summed E-state index contributed by atoms with van der Waals surface area (Å²) >= 11 is 0. The normalized spacial score (nSPS) is 33.4. The van der Waals surface area contributed by atoms with Crippen molar-refractivity contribution in [3.8, 4) is 0 Å². The summed E-state index contributed by atoms with van der Waals surface area (Å²) in [7, 11) is 0. The van der Waals surface area contributed by atoms with Crippen LogP contribution in [0.2, 0.25) is 0 Å². The van der Waals surface area contributed by atoms with Crippen LogP contribution < -0.4 is 5.56 Å². The lowest BCUT2D eigenvalue weighted by Crippen LogP contribution is -2.27. The molecule has 1 saturated carbocycles. The Morgan fingerprint density at radius 3 is 2.95 bits per heavy atom. The van der Waals surface area contributed by atoms with E-state index in [4.69, 9.17) is 9.47 Å². The van der Waals surface area contributed by atoms with Gasteiger partial charge in [-0.1, -0.05) is 0 Å². The van der Waals surface area contributed by atoms with Gasteiger partial charge in [0.2, 0.25) is 0 Å². The van der Waals surface area contributed by atoms with Gasteiger partial charge in [-0.3, -0.25) is 4.79 Å². The summed E-state index contributed by atoms with van der Waals surface area (Å²) in [6.07, 6.45) is 3.33. The quantitative estimate of drug-likeness (QED) is 0.821. The number of aliphatic hydroxyl groups is 1. The molecule has 8 heteroatoms. The third kappa shape index (κ3) is 1.91. The summed E-state index contributed by atoms with van der Waals surface area (Å²) in [6.45, 7) is 3.77. The zero-order chi connectivity index (χ0) is 15.5. The van der Waals surface area contributed by atoms with Crippen molar-refractivity contribution in [3.63, 3.8) is 0 Å². The van der Waals surface area contributed by atoms with Crippen molar-refractivity contribution >= 4 is 11.2 Å². The molecule has 22 heavy (non-hydrogen) atoms. The van der Waals surface area contributed by atoms with E-state index in [-0.39, 0.29) is 36.3 Å². The van der Waals surface area contributed by atoms with E-state index in [1.54, 1.807) is 6.33 Å². The second kappa shape index (κ2) is 4.61. The van der Waals surface area contributed by atoms with Gasteiger partial charge >= 0.3 is 0 Å². The second-order valence-electron chi connectivity index (χ2n) is 6.37. The number of hydrogen-bond acceptors (Lipinski definition) is 6. The number of fused-ring (bicyclic) bond motifs is 2. The first-order valence-electron chi connectivity index (χ1n) is 7.37. The minimum Gasteiger partial charge on any atom is -0.396 e. The fourth-order valence-electron chi connectivity index (χ4n) is 3.61. The van der Waals surface area contributed by atoms with Gasteiger partial charge in [-0.05, 0) is 20.3 Å². The Balaban J connectivity index is 1.78. The van der Waals surface area contributed by atoms with Gasteiger partial charge in [0.1, 0.15) is 6.10 Å². The fourth-order valence-corrected chi connectivity index (χ4v) is 3.61. The van der Waals surface area contributed by atoms with Gasteiger partial charge in [-0.2, -0.15) is 0 Å². The number of nitrogens with one attached hydrogen (secondary N) is 1. The van der Waals surface area contributed by atoms with Crippen LogP contribution in [0, 0.1) is 5.92 Å². The smallest absolute Gasteiger partial charge is 0.278 e. The molecule has 1 aliphatic carbocycles. The van der Waals surface area contributed by atoms with Gasteiger partial charge in [0.25, 0.3) is 5.56 Å². The van der Waals surface area contributed by atoms with Gasteiger partial charge in [0, 0.05) is 12.5 Å². The molecule has 118 valence electrons. The number of hydrogen-bond donors (Lipinski definition) is 2. The lowest BCUT2D eigenvalue weighted by atomic mass is 10.1. The largest absolute Gasteiger partial charge is 0.396 e. The molecule has 0 spiro atoms. The lowest BCUT2D eigenvalue weighted by Gasteiger charge is -2.23. The monoisotopic (exact) mass is 306 g/mol. The van der Waals surface area contributed by atoms with Crippen LogP contribution in [0.3, 0.4) is 0 Å². The summed E-state index contributed by atoms with van der Waals surface area (Å²) < 4.78 is 13.8. The molecule has 2 aliphatic rings. The van der Waals surface area contributed by atoms with Crippen LogP contribution >= 0.6 is 0 Å². The number of aromatic amines is 1. The standard InChI is InChI=1S/C14H18N4O4/c1-14(2)21-10-7(4-19)3-8(11(10)22-14)18-6-17-9-12(18)15-5-16-13(9)20/h5-8,10-11,19H,3-4H2,1-2H3,(H,15,16,20).